The Morgan fingerprint density at radius 1 is 1.51 bits per heavy atom. The number of aliphatic hydroxyl groups is 1. The van der Waals surface area contributed by atoms with Gasteiger partial charge in [-0.05, 0) is 37.1 Å². The van der Waals surface area contributed by atoms with Crippen molar-refractivity contribution >= 4 is 44.0 Å². The van der Waals surface area contributed by atoms with Crippen molar-refractivity contribution in [2.75, 3.05) is 24.7 Å². The van der Waals surface area contributed by atoms with E-state index in [-0.39, 0.29) is 23.5 Å². The maximum absolute atomic E-state index is 13.2. The predicted molar refractivity (Wildman–Crippen MR) is 129 cm³/mol. The second-order valence-electron chi connectivity index (χ2n) is 8.41. The Bertz CT molecular complexity index is 1210. The molecule has 0 radical (unpaired) electrons. The lowest BCUT2D eigenvalue weighted by Gasteiger charge is -2.40. The Labute approximate surface area is 207 Å². The molecule has 2 fully saturated rings. The molecule has 14 heteroatoms. The first-order chi connectivity index (χ1) is 16.7. The van der Waals surface area contributed by atoms with Crippen LogP contribution in [-0.2, 0) is 15.7 Å². The van der Waals surface area contributed by atoms with Gasteiger partial charge in [-0.1, -0.05) is 6.92 Å². The van der Waals surface area contributed by atoms with E-state index >= 15 is 0 Å². The summed E-state index contributed by atoms with van der Waals surface area (Å²) in [4.78, 5) is 6.60. The minimum Gasteiger partial charge on any atom is -0.394 e. The summed E-state index contributed by atoms with van der Waals surface area (Å²) in [5.74, 6) is 0.0249. The van der Waals surface area contributed by atoms with Crippen molar-refractivity contribution in [3.05, 3.63) is 24.3 Å². The van der Waals surface area contributed by atoms with E-state index in [0.29, 0.717) is 53.9 Å². The number of hydrogen-bond acceptors (Lipinski definition) is 9. The minimum absolute atomic E-state index is 0.0249. The topological polar surface area (TPSA) is 151 Å². The van der Waals surface area contributed by atoms with Crippen molar-refractivity contribution in [1.29, 1.82) is 16.1 Å². The van der Waals surface area contributed by atoms with Crippen molar-refractivity contribution in [1.82, 2.24) is 14.1 Å². The minimum atomic E-state index is -3.01. The second-order valence-corrected chi connectivity index (χ2v) is 10.7. The summed E-state index contributed by atoms with van der Waals surface area (Å²) in [7, 11) is -1.78. The number of morpholine rings is 1. The second kappa shape index (κ2) is 10.3. The van der Waals surface area contributed by atoms with Crippen LogP contribution in [0.1, 0.15) is 32.0 Å². The fourth-order valence-corrected chi connectivity index (χ4v) is 5.55. The van der Waals surface area contributed by atoms with Crippen LogP contribution in [0.4, 0.5) is 14.5 Å². The highest BCUT2D eigenvalue weighted by Gasteiger charge is 2.45. The summed E-state index contributed by atoms with van der Waals surface area (Å²) in [5.41, 5.74) is 0.334. The Morgan fingerprint density at radius 2 is 2.26 bits per heavy atom. The van der Waals surface area contributed by atoms with Crippen molar-refractivity contribution in [2.24, 2.45) is 0 Å². The van der Waals surface area contributed by atoms with Crippen molar-refractivity contribution in [3.63, 3.8) is 0 Å². The van der Waals surface area contributed by atoms with E-state index in [0.717, 1.165) is 6.42 Å². The van der Waals surface area contributed by atoms with Crippen LogP contribution < -0.4 is 9.62 Å². The van der Waals surface area contributed by atoms with Gasteiger partial charge < -0.3 is 14.7 Å². The number of pyridine rings is 1. The van der Waals surface area contributed by atoms with Gasteiger partial charge in [0.25, 0.3) is 6.43 Å². The third-order valence-electron chi connectivity index (χ3n) is 6.02. The number of nitriles is 1. The Hall–Kier alpha value is -2.44. The van der Waals surface area contributed by atoms with Crippen LogP contribution >= 0.6 is 11.8 Å². The fraction of sp³-hybridized carbons (Fsp3) is 0.524. The Balaban J connectivity index is 1.80. The number of halogens is 2. The van der Waals surface area contributed by atoms with Gasteiger partial charge in [0.1, 0.15) is 26.6 Å². The first-order valence-corrected chi connectivity index (χ1v) is 12.9. The highest BCUT2D eigenvalue weighted by Crippen LogP contribution is 2.36. The number of hydrogen-bond donors (Lipinski definition) is 4. The smallest absolute Gasteiger partial charge is 0.285 e. The van der Waals surface area contributed by atoms with Gasteiger partial charge in [0, 0.05) is 12.7 Å². The molecule has 3 atom stereocenters. The number of nitrogens with one attached hydrogen (secondary N) is 3. The van der Waals surface area contributed by atoms with Gasteiger partial charge in [0.15, 0.2) is 5.82 Å². The van der Waals surface area contributed by atoms with Crippen molar-refractivity contribution < 1.29 is 22.8 Å². The molecule has 0 amide bonds. The number of rotatable bonds is 8. The average Bonchev–Trinajstić information content (AvgIpc) is 3.49. The maximum Gasteiger partial charge on any atom is 0.285 e. The van der Waals surface area contributed by atoms with Crippen molar-refractivity contribution in [2.45, 2.75) is 55.2 Å². The van der Waals surface area contributed by atoms with Crippen LogP contribution in [0.3, 0.4) is 0 Å². The van der Waals surface area contributed by atoms with Crippen LogP contribution in [0.15, 0.2) is 23.4 Å². The first kappa shape index (κ1) is 25.6. The molecule has 4 rings (SSSR count). The number of anilines is 1. The molecule has 2 aromatic heterocycles. The molecule has 1 aliphatic carbocycles. The maximum atomic E-state index is 13.2. The molecule has 1 saturated heterocycles. The third-order valence-corrected chi connectivity index (χ3v) is 8.04. The molecule has 0 spiro atoms. The van der Waals surface area contributed by atoms with Crippen LogP contribution in [0, 0.1) is 22.1 Å². The molecule has 4 N–H and O–H groups in total. The number of imidazole rings is 1. The molecule has 188 valence electrons. The van der Waals surface area contributed by atoms with E-state index in [2.05, 4.69) is 15.8 Å². The number of aliphatic hydroxyl groups excluding tert-OH is 1. The lowest BCUT2D eigenvalue weighted by molar-refractivity contribution is -0.0134. The van der Waals surface area contributed by atoms with E-state index < -0.39 is 34.1 Å². The van der Waals surface area contributed by atoms with E-state index in [4.69, 9.17) is 15.6 Å². The summed E-state index contributed by atoms with van der Waals surface area (Å²) in [6.07, 6.45) is 1.45. The zero-order chi connectivity index (χ0) is 25.3. The lowest BCUT2D eigenvalue weighted by Crippen LogP contribution is -2.51. The van der Waals surface area contributed by atoms with E-state index in [1.807, 2.05) is 11.8 Å². The molecule has 10 nitrogen and oxygen atoms in total. The van der Waals surface area contributed by atoms with Crippen LogP contribution in [-0.4, -0.2) is 72.7 Å². The molecule has 0 bridgehead atoms. The molecular formula is C21H25F2N7O3S2. The molecule has 35 heavy (non-hydrogen) atoms. The highest BCUT2D eigenvalue weighted by atomic mass is 32.2. The van der Waals surface area contributed by atoms with E-state index in [1.165, 1.54) is 16.8 Å². The Morgan fingerprint density at radius 3 is 2.86 bits per heavy atom. The summed E-state index contributed by atoms with van der Waals surface area (Å²) >= 11 is 0.301. The molecule has 3 unspecified atom stereocenters. The van der Waals surface area contributed by atoms with Gasteiger partial charge in [-0.25, -0.2) is 22.7 Å². The van der Waals surface area contributed by atoms with Gasteiger partial charge in [0.2, 0.25) is 0 Å². The summed E-state index contributed by atoms with van der Waals surface area (Å²) < 4.78 is 49.1. The van der Waals surface area contributed by atoms with Crippen LogP contribution in [0.5, 0.6) is 0 Å². The molecular weight excluding hydrogens is 500 g/mol. The van der Waals surface area contributed by atoms with Crippen LogP contribution in [0.2, 0.25) is 0 Å². The largest absolute Gasteiger partial charge is 0.394 e. The lowest BCUT2D eigenvalue weighted by atomic mass is 10.1. The first-order valence-electron chi connectivity index (χ1n) is 11.0. The summed E-state index contributed by atoms with van der Waals surface area (Å²) in [6, 6.07) is 3.81. The predicted octanol–water partition coefficient (Wildman–Crippen LogP) is 2.28. The zero-order valence-corrected chi connectivity index (χ0v) is 20.5. The zero-order valence-electron chi connectivity index (χ0n) is 18.8. The number of ether oxygens (including phenoxy) is 1. The van der Waals surface area contributed by atoms with Gasteiger partial charge in [0.05, 0.1) is 53.7 Å². The number of alkyl halides is 2. The quantitative estimate of drug-likeness (QED) is 0.305. The van der Waals surface area contributed by atoms with Gasteiger partial charge in [-0.3, -0.25) is 15.2 Å². The normalized spacial score (nSPS) is 22.2. The fourth-order valence-electron chi connectivity index (χ4n) is 3.85. The van der Waals surface area contributed by atoms with E-state index in [9.17, 15) is 23.4 Å². The molecule has 3 heterocycles. The molecule has 1 saturated carbocycles. The number of fused-ring (bicyclic) bond motifs is 1. The SMILES string of the molecule is CCC1COC(CO)CN1c1cc(S(=O)NC2(C#N)CC2)cn2c(C(=N)SC(=N)C(F)F)ncc12. The third kappa shape index (κ3) is 5.24. The highest BCUT2D eigenvalue weighted by molar-refractivity contribution is 8.26. The van der Waals surface area contributed by atoms with E-state index in [1.54, 1.807) is 6.07 Å². The molecule has 0 aromatic carbocycles. The van der Waals surface area contributed by atoms with Gasteiger partial charge >= 0.3 is 0 Å². The summed E-state index contributed by atoms with van der Waals surface area (Å²) in [6.45, 7) is 2.55. The van der Waals surface area contributed by atoms with Crippen molar-refractivity contribution in [3.8, 4) is 6.07 Å². The molecule has 2 aliphatic rings. The van der Waals surface area contributed by atoms with Gasteiger partial charge in [-0.2, -0.15) is 5.26 Å². The van der Waals surface area contributed by atoms with Crippen LogP contribution in [0.25, 0.3) is 5.52 Å². The Kier molecular flexibility index (Phi) is 7.53. The molecule has 2 aromatic rings. The number of nitrogens with zero attached hydrogens (tertiary/aromatic N) is 4. The number of thioether (sulfide) groups is 1. The van der Waals surface area contributed by atoms with Gasteiger partial charge in [-0.15, -0.1) is 0 Å². The summed E-state index contributed by atoms with van der Waals surface area (Å²) in [5, 5.41) is 33.4. The molecule has 1 aliphatic heterocycles. The average molecular weight is 526 g/mol. The monoisotopic (exact) mass is 525 g/mol. The standard InChI is InChI=1S/C21H25F2N7O3S2/c1-2-12-10-33-13(9-31)7-29(12)15-5-14(35(32)28-21(11-24)3-4-21)8-30-16(15)6-27-20(30)19(26)34-18(25)17(22)23/h5-6,8,12-13,17,25-26,28,31H,2-4,7,9-10H2,1H3. The number of aromatic nitrogens is 2.